The maximum absolute atomic E-state index is 14.0. The van der Waals surface area contributed by atoms with Crippen molar-refractivity contribution < 1.29 is 23.0 Å². The number of para-hydroxylation sites is 1. The van der Waals surface area contributed by atoms with Gasteiger partial charge < -0.3 is 14.6 Å². The highest BCUT2D eigenvalue weighted by Crippen LogP contribution is 2.35. The molecule has 8 nitrogen and oxygen atoms in total. The molecule has 0 aliphatic carbocycles. The van der Waals surface area contributed by atoms with Crippen LogP contribution < -0.4 is 15.0 Å². The minimum absolute atomic E-state index is 0.137. The van der Waals surface area contributed by atoms with Crippen LogP contribution in [0.2, 0.25) is 0 Å². The van der Waals surface area contributed by atoms with E-state index >= 15 is 0 Å². The van der Waals surface area contributed by atoms with E-state index < -0.39 is 26.2 Å². The molecule has 0 saturated heterocycles. The number of nitrogens with zero attached hydrogens (tertiary/aromatic N) is 2. The zero-order valence-electron chi connectivity index (χ0n) is 21.7. The third-order valence-electron chi connectivity index (χ3n) is 6.18. The molecule has 1 heterocycles. The lowest BCUT2D eigenvalue weighted by molar-refractivity contribution is 0.386. The maximum Gasteiger partial charge on any atom is 0.281 e. The highest BCUT2D eigenvalue weighted by molar-refractivity contribution is 7.91. The normalized spacial score (nSPS) is 11.5. The van der Waals surface area contributed by atoms with E-state index in [9.17, 15) is 18.3 Å². The molecule has 0 fully saturated rings. The Morgan fingerprint density at radius 1 is 0.895 bits per heavy atom. The Bertz CT molecular complexity index is 1590. The molecule has 4 rings (SSSR count). The topological polar surface area (TPSA) is 108 Å². The van der Waals surface area contributed by atoms with Crippen molar-refractivity contribution in [1.82, 2.24) is 9.55 Å². The monoisotopic (exact) mass is 534 g/mol. The second-order valence-electron chi connectivity index (χ2n) is 9.16. The summed E-state index contributed by atoms with van der Waals surface area (Å²) in [6.45, 7) is 4.04. The number of aromatic nitrogens is 2. The van der Waals surface area contributed by atoms with Crippen LogP contribution in [0.25, 0.3) is 16.8 Å². The van der Waals surface area contributed by atoms with Crippen molar-refractivity contribution in [2.75, 3.05) is 14.2 Å². The molecular formula is C29H30N2O6S. The molecule has 0 spiro atoms. The van der Waals surface area contributed by atoms with Crippen LogP contribution in [0.5, 0.6) is 17.4 Å². The van der Waals surface area contributed by atoms with Crippen LogP contribution in [0, 0.1) is 5.92 Å². The molecule has 9 heteroatoms. The zero-order chi connectivity index (χ0) is 27.4. The number of ether oxygens (including phenoxy) is 2. The predicted molar refractivity (Wildman–Crippen MR) is 145 cm³/mol. The molecule has 0 amide bonds. The van der Waals surface area contributed by atoms with Crippen LogP contribution in [0.1, 0.15) is 26.1 Å². The van der Waals surface area contributed by atoms with Gasteiger partial charge in [0.05, 0.1) is 19.1 Å². The van der Waals surface area contributed by atoms with Crippen LogP contribution in [0.15, 0.2) is 87.4 Å². The summed E-state index contributed by atoms with van der Waals surface area (Å²) in [5.41, 5.74) is 0.735. The number of hydrogen-bond donors (Lipinski definition) is 1. The number of sulfone groups is 1. The fourth-order valence-corrected chi connectivity index (χ4v) is 5.61. The van der Waals surface area contributed by atoms with E-state index in [-0.39, 0.29) is 22.3 Å². The summed E-state index contributed by atoms with van der Waals surface area (Å²) < 4.78 is 39.9. The van der Waals surface area contributed by atoms with Crippen LogP contribution in [0.4, 0.5) is 0 Å². The highest BCUT2D eigenvalue weighted by atomic mass is 32.2. The van der Waals surface area contributed by atoms with Crippen molar-refractivity contribution in [3.63, 3.8) is 0 Å². The lowest BCUT2D eigenvalue weighted by Gasteiger charge is -2.20. The second kappa shape index (κ2) is 11.1. The Labute approximate surface area is 222 Å². The maximum atomic E-state index is 14.0. The minimum Gasteiger partial charge on any atom is -0.494 e. The number of aromatic hydroxyl groups is 1. The molecule has 0 unspecified atom stereocenters. The Hall–Kier alpha value is -4.11. The largest absolute Gasteiger partial charge is 0.494 e. The average Bonchev–Trinajstić information content (AvgIpc) is 2.92. The van der Waals surface area contributed by atoms with Gasteiger partial charge in [0.1, 0.15) is 23.0 Å². The van der Waals surface area contributed by atoms with Crippen LogP contribution >= 0.6 is 0 Å². The fraction of sp³-hybridized carbons (Fsp3) is 0.241. The van der Waals surface area contributed by atoms with Crippen LogP contribution in [-0.4, -0.2) is 37.3 Å². The van der Waals surface area contributed by atoms with Gasteiger partial charge in [-0.25, -0.2) is 8.42 Å². The summed E-state index contributed by atoms with van der Waals surface area (Å²) in [6, 6.07) is 20.5. The van der Waals surface area contributed by atoms with Crippen LogP contribution in [0.3, 0.4) is 0 Å². The van der Waals surface area contributed by atoms with Gasteiger partial charge in [-0.05, 0) is 47.7 Å². The Morgan fingerprint density at radius 2 is 1.50 bits per heavy atom. The van der Waals surface area contributed by atoms with E-state index in [2.05, 4.69) is 4.98 Å². The third kappa shape index (κ3) is 5.15. The molecule has 0 saturated carbocycles. The number of hydrogen-bond acceptors (Lipinski definition) is 7. The molecule has 0 bridgehead atoms. The summed E-state index contributed by atoms with van der Waals surface area (Å²) in [6.07, 6.45) is 0.958. The zero-order valence-corrected chi connectivity index (χ0v) is 22.5. The van der Waals surface area contributed by atoms with Crippen molar-refractivity contribution in [3.8, 4) is 34.2 Å². The van der Waals surface area contributed by atoms with Crippen molar-refractivity contribution in [3.05, 3.63) is 89.0 Å². The molecule has 1 N–H and O–H groups in total. The summed E-state index contributed by atoms with van der Waals surface area (Å²) >= 11 is 0. The van der Waals surface area contributed by atoms with Crippen molar-refractivity contribution >= 4 is 9.84 Å². The molecule has 0 radical (unpaired) electrons. The van der Waals surface area contributed by atoms with E-state index in [0.717, 1.165) is 5.56 Å². The first kappa shape index (κ1) is 26.9. The minimum atomic E-state index is -4.48. The Balaban J connectivity index is 1.99. The van der Waals surface area contributed by atoms with Gasteiger partial charge in [0.2, 0.25) is 15.7 Å². The molecule has 0 aliphatic heterocycles. The summed E-state index contributed by atoms with van der Waals surface area (Å²) in [7, 11) is -1.59. The molecule has 3 aromatic carbocycles. The molecule has 1 aromatic heterocycles. The van der Waals surface area contributed by atoms with E-state index in [0.29, 0.717) is 29.9 Å². The molecule has 4 aromatic rings. The van der Waals surface area contributed by atoms with Gasteiger partial charge in [0.15, 0.2) is 4.90 Å². The van der Waals surface area contributed by atoms with Crippen molar-refractivity contribution in [1.29, 1.82) is 0 Å². The van der Waals surface area contributed by atoms with Gasteiger partial charge in [0, 0.05) is 6.42 Å². The van der Waals surface area contributed by atoms with Gasteiger partial charge in [-0.2, -0.15) is 4.98 Å². The van der Waals surface area contributed by atoms with Gasteiger partial charge in [-0.15, -0.1) is 0 Å². The van der Waals surface area contributed by atoms with E-state index in [1.165, 1.54) is 30.9 Å². The summed E-state index contributed by atoms with van der Waals surface area (Å²) in [4.78, 5) is 17.3. The second-order valence-corrected chi connectivity index (χ2v) is 11.0. The van der Waals surface area contributed by atoms with E-state index in [1.54, 1.807) is 30.3 Å². The number of benzene rings is 3. The first-order chi connectivity index (χ1) is 18.2. The van der Waals surface area contributed by atoms with E-state index in [4.69, 9.17) is 9.47 Å². The van der Waals surface area contributed by atoms with Crippen molar-refractivity contribution in [2.24, 2.45) is 5.92 Å². The SMILES string of the molecule is COc1cccc(OC)c1-n1c(CCC(C)C)nc(O)c(S(=O)(=O)c2cccc(-c3ccccc3)c2)c1=O. The standard InChI is InChI=1S/C29H30N2O6S/c1-19(2)16-17-25-30-28(32)27(29(33)31(25)26-23(36-3)14-9-15-24(26)37-4)38(34,35)22-13-8-12-21(18-22)20-10-6-5-7-11-20/h5-15,18-19,32H,16-17H2,1-4H3. The van der Waals surface area contributed by atoms with Crippen LogP contribution in [-0.2, 0) is 16.3 Å². The van der Waals surface area contributed by atoms with Crippen molar-refractivity contribution in [2.45, 2.75) is 36.5 Å². The quantitative estimate of drug-likeness (QED) is 0.320. The molecule has 0 aliphatic rings. The molecule has 198 valence electrons. The Kier molecular flexibility index (Phi) is 7.87. The number of aryl methyl sites for hydroxylation is 1. The summed E-state index contributed by atoms with van der Waals surface area (Å²) in [5.74, 6) is 0.203. The van der Waals surface area contributed by atoms with Gasteiger partial charge in [-0.1, -0.05) is 62.4 Å². The van der Waals surface area contributed by atoms with E-state index in [1.807, 2.05) is 44.2 Å². The van der Waals surface area contributed by atoms with Gasteiger partial charge >= 0.3 is 0 Å². The first-order valence-electron chi connectivity index (χ1n) is 12.2. The number of methoxy groups -OCH3 is 2. The number of rotatable bonds is 9. The van der Waals surface area contributed by atoms with Gasteiger partial charge in [-0.3, -0.25) is 9.36 Å². The lowest BCUT2D eigenvalue weighted by Crippen LogP contribution is -2.30. The highest BCUT2D eigenvalue weighted by Gasteiger charge is 2.31. The lowest BCUT2D eigenvalue weighted by atomic mass is 10.1. The third-order valence-corrected chi connectivity index (χ3v) is 7.95. The fourth-order valence-electron chi connectivity index (χ4n) is 4.23. The molecule has 38 heavy (non-hydrogen) atoms. The smallest absolute Gasteiger partial charge is 0.281 e. The molecule has 0 atom stereocenters. The predicted octanol–water partition coefficient (Wildman–Crippen LogP) is 5.04. The Morgan fingerprint density at radius 3 is 2.11 bits per heavy atom. The first-order valence-corrected chi connectivity index (χ1v) is 13.6. The molecular weight excluding hydrogens is 504 g/mol. The van der Waals surface area contributed by atoms with Gasteiger partial charge in [0.25, 0.3) is 5.56 Å². The summed E-state index contributed by atoms with van der Waals surface area (Å²) in [5, 5.41) is 10.9. The average molecular weight is 535 g/mol.